The molecule has 0 fully saturated rings. The summed E-state index contributed by atoms with van der Waals surface area (Å²) in [7, 11) is 3.08. The number of ether oxygens (including phenoxy) is 2. The molecule has 0 bridgehead atoms. The van der Waals surface area contributed by atoms with Crippen molar-refractivity contribution in [1.82, 2.24) is 10.2 Å². The van der Waals surface area contributed by atoms with Gasteiger partial charge in [-0.05, 0) is 32.6 Å². The van der Waals surface area contributed by atoms with Gasteiger partial charge >= 0.3 is 5.97 Å². The Morgan fingerprint density at radius 3 is 2.07 bits per heavy atom. The second-order valence-electron chi connectivity index (χ2n) is 8.57. The zero-order chi connectivity index (χ0) is 24.1. The van der Waals surface area contributed by atoms with Crippen molar-refractivity contribution in [3.8, 4) is 0 Å². The molecule has 0 heterocycles. The number of nitrogens with two attached hydrogens (primary N) is 1. The minimum atomic E-state index is -1.22. The lowest BCUT2D eigenvalue weighted by molar-refractivity contribution is -0.138. The van der Waals surface area contributed by atoms with Crippen LogP contribution in [0.2, 0.25) is 0 Å². The van der Waals surface area contributed by atoms with Gasteiger partial charge in [-0.25, -0.2) is 4.79 Å². The molecule has 1 unspecified atom stereocenters. The SMILES string of the molecule is CC(C)C.CCOC(=O)/C(C)=C/[C@H](C(C)C)N(C)C(=O)CNC(=O)C(C)(N)COC. The number of likely N-dealkylation sites (N-methyl/N-ethyl adjacent to an activating group) is 1. The van der Waals surface area contributed by atoms with Gasteiger partial charge in [-0.3, -0.25) is 9.59 Å². The van der Waals surface area contributed by atoms with Gasteiger partial charge in [0.25, 0.3) is 0 Å². The Hall–Kier alpha value is -1.93. The summed E-state index contributed by atoms with van der Waals surface area (Å²) in [6.45, 7) is 15.4. The summed E-state index contributed by atoms with van der Waals surface area (Å²) in [5.74, 6) is -0.276. The zero-order valence-electron chi connectivity index (χ0n) is 20.5. The van der Waals surface area contributed by atoms with E-state index in [1.165, 1.54) is 18.9 Å². The van der Waals surface area contributed by atoms with E-state index in [0.29, 0.717) is 5.57 Å². The van der Waals surface area contributed by atoms with E-state index in [1.807, 2.05) is 13.8 Å². The van der Waals surface area contributed by atoms with Crippen LogP contribution >= 0.6 is 0 Å². The minimum Gasteiger partial charge on any atom is -0.463 e. The Morgan fingerprint density at radius 1 is 1.17 bits per heavy atom. The summed E-state index contributed by atoms with van der Waals surface area (Å²) in [4.78, 5) is 37.8. The van der Waals surface area contributed by atoms with Crippen molar-refractivity contribution in [2.45, 2.75) is 67.0 Å². The van der Waals surface area contributed by atoms with Crippen LogP contribution in [0, 0.1) is 11.8 Å². The third-order valence-corrected chi connectivity index (χ3v) is 3.90. The third kappa shape index (κ3) is 12.6. The highest BCUT2D eigenvalue weighted by atomic mass is 16.5. The maximum atomic E-state index is 12.4. The van der Waals surface area contributed by atoms with Crippen LogP contribution in [0.25, 0.3) is 0 Å². The van der Waals surface area contributed by atoms with Gasteiger partial charge in [0.2, 0.25) is 11.8 Å². The van der Waals surface area contributed by atoms with Crippen molar-refractivity contribution in [1.29, 1.82) is 0 Å². The van der Waals surface area contributed by atoms with E-state index >= 15 is 0 Å². The minimum absolute atomic E-state index is 0.0406. The maximum Gasteiger partial charge on any atom is 0.333 e. The van der Waals surface area contributed by atoms with E-state index in [9.17, 15) is 14.4 Å². The summed E-state index contributed by atoms with van der Waals surface area (Å²) in [5, 5.41) is 2.53. The second-order valence-corrected chi connectivity index (χ2v) is 8.57. The molecule has 8 heteroatoms. The van der Waals surface area contributed by atoms with Gasteiger partial charge in [0.05, 0.1) is 25.8 Å². The first-order chi connectivity index (χ1) is 13.7. The highest BCUT2D eigenvalue weighted by Gasteiger charge is 2.29. The first-order valence-electron chi connectivity index (χ1n) is 10.4. The fourth-order valence-electron chi connectivity index (χ4n) is 2.33. The van der Waals surface area contributed by atoms with Crippen molar-refractivity contribution in [2.24, 2.45) is 17.6 Å². The van der Waals surface area contributed by atoms with E-state index in [0.717, 1.165) is 5.92 Å². The lowest BCUT2D eigenvalue weighted by atomic mass is 10.00. The normalized spacial score (nSPS) is 14.4. The molecule has 0 radical (unpaired) electrons. The Bertz CT molecular complexity index is 568. The standard InChI is InChI=1S/C18H33N3O5.C4H10/c1-8-26-16(23)13(4)9-14(12(2)3)21(6)15(22)10-20-17(24)18(5,19)11-25-7;1-4(2)3/h9,12,14H,8,10-11,19H2,1-7H3,(H,20,24);4H,1-3H3/b13-9+;/t14-,18?;/m1./s1. The topological polar surface area (TPSA) is 111 Å². The van der Waals surface area contributed by atoms with Crippen LogP contribution < -0.4 is 11.1 Å². The Labute approximate surface area is 182 Å². The molecule has 0 aliphatic carbocycles. The van der Waals surface area contributed by atoms with E-state index in [4.69, 9.17) is 15.2 Å². The van der Waals surface area contributed by atoms with Crippen LogP contribution in [0.4, 0.5) is 0 Å². The number of carbonyl (C=O) groups is 3. The number of methoxy groups -OCH3 is 1. The molecule has 0 aromatic heterocycles. The van der Waals surface area contributed by atoms with Crippen molar-refractivity contribution < 1.29 is 23.9 Å². The van der Waals surface area contributed by atoms with E-state index < -0.39 is 17.4 Å². The number of rotatable bonds is 10. The van der Waals surface area contributed by atoms with Gasteiger partial charge in [-0.2, -0.15) is 0 Å². The smallest absolute Gasteiger partial charge is 0.333 e. The second kappa shape index (κ2) is 15.0. The van der Waals surface area contributed by atoms with E-state index in [2.05, 4.69) is 26.1 Å². The lowest BCUT2D eigenvalue weighted by Gasteiger charge is -2.30. The molecular weight excluding hydrogens is 386 g/mol. The Balaban J connectivity index is 0. The molecule has 0 saturated heterocycles. The number of carbonyl (C=O) groups excluding carboxylic acids is 3. The molecular formula is C22H43N3O5. The van der Waals surface area contributed by atoms with Crippen LogP contribution in [0.15, 0.2) is 11.6 Å². The number of hydrogen-bond acceptors (Lipinski definition) is 6. The quantitative estimate of drug-likeness (QED) is 0.406. The summed E-state index contributed by atoms with van der Waals surface area (Å²) in [6.07, 6.45) is 1.71. The van der Waals surface area contributed by atoms with Crippen LogP contribution in [-0.2, 0) is 23.9 Å². The van der Waals surface area contributed by atoms with Gasteiger partial charge < -0.3 is 25.4 Å². The summed E-state index contributed by atoms with van der Waals surface area (Å²) in [5.41, 5.74) is 5.06. The number of nitrogens with one attached hydrogen (secondary N) is 1. The van der Waals surface area contributed by atoms with Crippen LogP contribution in [0.1, 0.15) is 55.4 Å². The van der Waals surface area contributed by atoms with Crippen LogP contribution in [0.3, 0.4) is 0 Å². The summed E-state index contributed by atoms with van der Waals surface area (Å²) >= 11 is 0. The summed E-state index contributed by atoms with van der Waals surface area (Å²) in [6, 6.07) is -0.313. The molecule has 0 rings (SSSR count). The first kappa shape index (κ1) is 30.3. The summed E-state index contributed by atoms with van der Waals surface area (Å²) < 4.78 is 9.88. The van der Waals surface area contributed by atoms with E-state index in [-0.39, 0.29) is 37.6 Å². The average molecular weight is 430 g/mol. The van der Waals surface area contributed by atoms with Gasteiger partial charge in [-0.1, -0.05) is 40.7 Å². The first-order valence-corrected chi connectivity index (χ1v) is 10.4. The Morgan fingerprint density at radius 2 is 1.67 bits per heavy atom. The molecule has 3 N–H and O–H groups in total. The largest absolute Gasteiger partial charge is 0.463 e. The van der Waals surface area contributed by atoms with Crippen molar-refractivity contribution in [3.05, 3.63) is 11.6 Å². The average Bonchev–Trinajstić information content (AvgIpc) is 2.62. The molecule has 2 amide bonds. The number of nitrogens with zero attached hydrogens (tertiary/aromatic N) is 1. The molecule has 2 atom stereocenters. The predicted octanol–water partition coefficient (Wildman–Crippen LogP) is 2.12. The molecule has 0 aliphatic heterocycles. The van der Waals surface area contributed by atoms with Crippen molar-refractivity contribution in [2.75, 3.05) is 33.9 Å². The van der Waals surface area contributed by atoms with Gasteiger partial charge in [0.1, 0.15) is 5.54 Å². The van der Waals surface area contributed by atoms with Gasteiger partial charge in [0.15, 0.2) is 0 Å². The molecule has 30 heavy (non-hydrogen) atoms. The fourth-order valence-corrected chi connectivity index (χ4v) is 2.33. The van der Waals surface area contributed by atoms with Crippen molar-refractivity contribution in [3.63, 3.8) is 0 Å². The number of esters is 1. The molecule has 176 valence electrons. The number of amides is 2. The Kier molecular flexibility index (Phi) is 15.1. The van der Waals surface area contributed by atoms with Crippen molar-refractivity contribution >= 4 is 17.8 Å². The molecule has 0 aromatic carbocycles. The number of hydrogen-bond donors (Lipinski definition) is 2. The molecule has 8 nitrogen and oxygen atoms in total. The molecule has 0 aliphatic rings. The molecule has 0 spiro atoms. The van der Waals surface area contributed by atoms with Crippen LogP contribution in [0.5, 0.6) is 0 Å². The highest BCUT2D eigenvalue weighted by Crippen LogP contribution is 2.14. The fraction of sp³-hybridized carbons (Fsp3) is 0.773. The molecule has 0 saturated carbocycles. The molecule has 0 aromatic rings. The lowest BCUT2D eigenvalue weighted by Crippen LogP contribution is -2.56. The van der Waals surface area contributed by atoms with E-state index in [1.54, 1.807) is 27.0 Å². The maximum absolute atomic E-state index is 12.4. The zero-order valence-corrected chi connectivity index (χ0v) is 20.5. The third-order valence-electron chi connectivity index (χ3n) is 3.90. The van der Waals surface area contributed by atoms with Crippen LogP contribution in [-0.4, -0.2) is 68.2 Å². The van der Waals surface area contributed by atoms with Gasteiger partial charge in [0, 0.05) is 19.7 Å². The monoisotopic (exact) mass is 429 g/mol. The predicted molar refractivity (Wildman–Crippen MR) is 120 cm³/mol. The highest BCUT2D eigenvalue weighted by molar-refractivity contribution is 5.90. The van der Waals surface area contributed by atoms with Gasteiger partial charge in [-0.15, -0.1) is 0 Å².